The van der Waals surface area contributed by atoms with E-state index in [9.17, 15) is 4.79 Å². The van der Waals surface area contributed by atoms with Crippen LogP contribution in [-0.2, 0) is 9.53 Å². The molecule has 0 bridgehead atoms. The van der Waals surface area contributed by atoms with Gasteiger partial charge in [0.05, 0.1) is 32.8 Å². The van der Waals surface area contributed by atoms with E-state index in [1.54, 1.807) is 0 Å². The molecule has 1 aromatic carbocycles. The third-order valence-electron chi connectivity index (χ3n) is 2.42. The van der Waals surface area contributed by atoms with Crippen LogP contribution in [-0.4, -0.2) is 44.0 Å². The summed E-state index contributed by atoms with van der Waals surface area (Å²) in [6.45, 7) is 3.52. The number of hydrogen-bond donors (Lipinski definition) is 2. The Morgan fingerprint density at radius 2 is 1.95 bits per heavy atom. The number of hydrogen-bond acceptors (Lipinski definition) is 4. The van der Waals surface area contributed by atoms with Gasteiger partial charge in [-0.1, -0.05) is 17.7 Å². The Hall–Kier alpha value is -1.59. The normalized spacial score (nSPS) is 10.2. The Balaban J connectivity index is 2.05. The minimum absolute atomic E-state index is 0.00165. The zero-order valence-electron chi connectivity index (χ0n) is 11.2. The average Bonchev–Trinajstić information content (AvgIpc) is 2.41. The second-order valence-corrected chi connectivity index (χ2v) is 4.10. The van der Waals surface area contributed by atoms with Gasteiger partial charge in [0.25, 0.3) is 0 Å². The average molecular weight is 267 g/mol. The molecule has 106 valence electrons. The predicted octanol–water partition coefficient (Wildman–Crippen LogP) is 0.889. The van der Waals surface area contributed by atoms with E-state index in [1.165, 1.54) is 5.56 Å². The van der Waals surface area contributed by atoms with Gasteiger partial charge >= 0.3 is 0 Å². The largest absolute Gasteiger partial charge is 0.493 e. The summed E-state index contributed by atoms with van der Waals surface area (Å²) < 4.78 is 10.5. The second-order valence-electron chi connectivity index (χ2n) is 4.10. The van der Waals surface area contributed by atoms with Crippen molar-refractivity contribution < 1.29 is 19.4 Å². The fourth-order valence-electron chi connectivity index (χ4n) is 1.41. The Bertz CT molecular complexity index is 364. The number of aryl methyl sites for hydroxylation is 1. The Labute approximate surface area is 113 Å². The maximum atomic E-state index is 11.4. The molecule has 0 aliphatic carbocycles. The topological polar surface area (TPSA) is 67.8 Å². The first kappa shape index (κ1) is 15.5. The number of carbonyl (C=O) groups excluding carboxylic acids is 1. The first-order valence-electron chi connectivity index (χ1n) is 6.37. The highest BCUT2D eigenvalue weighted by atomic mass is 16.5. The van der Waals surface area contributed by atoms with E-state index in [2.05, 4.69) is 5.32 Å². The van der Waals surface area contributed by atoms with Gasteiger partial charge in [-0.25, -0.2) is 0 Å². The van der Waals surface area contributed by atoms with Crippen LogP contribution in [0.15, 0.2) is 24.3 Å². The molecule has 2 N–H and O–H groups in total. The predicted molar refractivity (Wildman–Crippen MR) is 72.2 cm³/mol. The molecule has 19 heavy (non-hydrogen) atoms. The molecule has 0 radical (unpaired) electrons. The highest BCUT2D eigenvalue weighted by Crippen LogP contribution is 2.11. The van der Waals surface area contributed by atoms with Gasteiger partial charge in [0.2, 0.25) is 5.91 Å². The molecule has 0 saturated carbocycles. The third-order valence-corrected chi connectivity index (χ3v) is 2.42. The van der Waals surface area contributed by atoms with Crippen molar-refractivity contribution in [3.63, 3.8) is 0 Å². The van der Waals surface area contributed by atoms with Gasteiger partial charge in [0.15, 0.2) is 0 Å². The van der Waals surface area contributed by atoms with Crippen molar-refractivity contribution in [2.24, 2.45) is 0 Å². The molecular weight excluding hydrogens is 246 g/mol. The molecule has 0 saturated heterocycles. The first-order valence-corrected chi connectivity index (χ1v) is 6.37. The zero-order chi connectivity index (χ0) is 13.9. The molecule has 1 aromatic rings. The van der Waals surface area contributed by atoms with Crippen LogP contribution in [0.3, 0.4) is 0 Å². The number of aliphatic hydroxyl groups excluding tert-OH is 1. The van der Waals surface area contributed by atoms with Crippen molar-refractivity contribution >= 4 is 5.91 Å². The Kier molecular flexibility index (Phi) is 7.62. The van der Waals surface area contributed by atoms with Crippen LogP contribution < -0.4 is 10.1 Å². The van der Waals surface area contributed by atoms with Gasteiger partial charge in [-0.2, -0.15) is 0 Å². The molecule has 0 aromatic heterocycles. The van der Waals surface area contributed by atoms with Crippen molar-refractivity contribution in [3.8, 4) is 5.75 Å². The van der Waals surface area contributed by atoms with Crippen LogP contribution >= 0.6 is 0 Å². The molecule has 0 spiro atoms. The van der Waals surface area contributed by atoms with Crippen molar-refractivity contribution in [3.05, 3.63) is 29.8 Å². The summed E-state index contributed by atoms with van der Waals surface area (Å²) in [4.78, 5) is 11.4. The molecule has 5 heteroatoms. The van der Waals surface area contributed by atoms with Crippen LogP contribution in [0.4, 0.5) is 0 Å². The minimum Gasteiger partial charge on any atom is -0.493 e. The molecule has 0 unspecified atom stereocenters. The summed E-state index contributed by atoms with van der Waals surface area (Å²) in [6, 6.07) is 7.70. The van der Waals surface area contributed by atoms with Gasteiger partial charge in [-0.3, -0.25) is 4.79 Å². The van der Waals surface area contributed by atoms with Crippen LogP contribution in [0, 0.1) is 6.92 Å². The lowest BCUT2D eigenvalue weighted by Crippen LogP contribution is -2.28. The van der Waals surface area contributed by atoms with Crippen LogP contribution in [0.2, 0.25) is 0 Å². The van der Waals surface area contributed by atoms with Gasteiger partial charge in [-0.15, -0.1) is 0 Å². The maximum absolute atomic E-state index is 11.4. The maximum Gasteiger partial charge on any atom is 0.223 e. The molecule has 0 fully saturated rings. The summed E-state index contributed by atoms with van der Waals surface area (Å²) in [7, 11) is 0. The lowest BCUT2D eigenvalue weighted by Gasteiger charge is -2.07. The molecule has 0 aliphatic rings. The number of nitrogens with one attached hydrogen (secondary N) is 1. The standard InChI is InChI=1S/C14H21NO4/c1-12-2-4-13(5-3-12)19-9-6-14(17)15-7-10-18-11-8-16/h2-5,16H,6-11H2,1H3,(H,15,17). The van der Waals surface area contributed by atoms with Crippen molar-refractivity contribution in [1.29, 1.82) is 0 Å². The molecule has 0 heterocycles. The third kappa shape index (κ3) is 7.43. The zero-order valence-corrected chi connectivity index (χ0v) is 11.2. The van der Waals surface area contributed by atoms with Crippen molar-refractivity contribution in [2.45, 2.75) is 13.3 Å². The first-order chi connectivity index (χ1) is 9.22. The van der Waals surface area contributed by atoms with Gasteiger partial charge in [0, 0.05) is 6.54 Å². The van der Waals surface area contributed by atoms with Gasteiger partial charge in [-0.05, 0) is 19.1 Å². The summed E-state index contributed by atoms with van der Waals surface area (Å²) in [5.74, 6) is 0.699. The van der Waals surface area contributed by atoms with E-state index in [1.807, 2.05) is 31.2 Å². The summed E-state index contributed by atoms with van der Waals surface area (Å²) >= 11 is 0. The van der Waals surface area contributed by atoms with E-state index in [-0.39, 0.29) is 12.5 Å². The molecule has 0 aliphatic heterocycles. The monoisotopic (exact) mass is 267 g/mol. The Morgan fingerprint density at radius 1 is 1.21 bits per heavy atom. The van der Waals surface area contributed by atoms with Crippen molar-refractivity contribution in [2.75, 3.05) is 33.0 Å². The number of amides is 1. The smallest absolute Gasteiger partial charge is 0.223 e. The van der Waals surface area contributed by atoms with Gasteiger partial charge in [0.1, 0.15) is 5.75 Å². The molecule has 1 rings (SSSR count). The molecular formula is C14H21NO4. The number of ether oxygens (including phenoxy) is 2. The molecule has 5 nitrogen and oxygen atoms in total. The van der Waals surface area contributed by atoms with Crippen molar-refractivity contribution in [1.82, 2.24) is 5.32 Å². The summed E-state index contributed by atoms with van der Waals surface area (Å²) in [5, 5.41) is 11.2. The highest BCUT2D eigenvalue weighted by molar-refractivity contribution is 5.75. The number of carbonyl (C=O) groups is 1. The van der Waals surface area contributed by atoms with Crippen LogP contribution in [0.1, 0.15) is 12.0 Å². The van der Waals surface area contributed by atoms with E-state index in [4.69, 9.17) is 14.6 Å². The number of rotatable bonds is 9. The van der Waals surface area contributed by atoms with E-state index in [0.717, 1.165) is 5.75 Å². The van der Waals surface area contributed by atoms with E-state index in [0.29, 0.717) is 32.8 Å². The van der Waals surface area contributed by atoms with Crippen LogP contribution in [0.25, 0.3) is 0 Å². The van der Waals surface area contributed by atoms with Gasteiger partial charge < -0.3 is 19.9 Å². The summed E-state index contributed by atoms with van der Waals surface area (Å²) in [6.07, 6.45) is 0.313. The van der Waals surface area contributed by atoms with E-state index >= 15 is 0 Å². The quantitative estimate of drug-likeness (QED) is 0.652. The highest BCUT2D eigenvalue weighted by Gasteiger charge is 2.01. The van der Waals surface area contributed by atoms with E-state index < -0.39 is 0 Å². The number of aliphatic hydroxyl groups is 1. The fourth-order valence-corrected chi connectivity index (χ4v) is 1.41. The molecule has 0 atom stereocenters. The lowest BCUT2D eigenvalue weighted by molar-refractivity contribution is -0.121. The lowest BCUT2D eigenvalue weighted by atomic mass is 10.2. The minimum atomic E-state index is -0.0697. The SMILES string of the molecule is Cc1ccc(OCCC(=O)NCCOCCO)cc1. The summed E-state index contributed by atoms with van der Waals surface area (Å²) in [5.41, 5.74) is 1.17. The molecule has 1 amide bonds. The Morgan fingerprint density at radius 3 is 2.63 bits per heavy atom. The number of benzene rings is 1. The fraction of sp³-hybridized carbons (Fsp3) is 0.500. The van der Waals surface area contributed by atoms with Crippen LogP contribution in [0.5, 0.6) is 5.75 Å². The second kappa shape index (κ2) is 9.35.